The van der Waals surface area contributed by atoms with Crippen LogP contribution < -0.4 is 4.90 Å². The smallest absolute Gasteiger partial charge is 0.243 e. The van der Waals surface area contributed by atoms with E-state index in [4.69, 9.17) is 0 Å². The maximum atomic E-state index is 12.8. The second kappa shape index (κ2) is 8.75. The summed E-state index contributed by atoms with van der Waals surface area (Å²) in [6.07, 6.45) is 0. The highest BCUT2D eigenvalue weighted by Crippen LogP contribution is 2.18. The molecule has 0 aliphatic rings. The minimum Gasteiger partial charge on any atom is -0.378 e. The molecule has 0 bridgehead atoms. The van der Waals surface area contributed by atoms with Gasteiger partial charge in [-0.1, -0.05) is 18.2 Å². The first-order valence-corrected chi connectivity index (χ1v) is 10.5. The zero-order chi connectivity index (χ0) is 21.1. The van der Waals surface area contributed by atoms with Gasteiger partial charge in [0.2, 0.25) is 15.9 Å². The van der Waals surface area contributed by atoms with Crippen molar-refractivity contribution in [3.8, 4) is 0 Å². The predicted octanol–water partition coefficient (Wildman–Crippen LogP) is 2.65. The number of anilines is 1. The van der Waals surface area contributed by atoms with Crippen molar-refractivity contribution in [2.75, 3.05) is 39.6 Å². The number of nitrogens with zero attached hydrogens (tertiary/aromatic N) is 3. The first-order chi connectivity index (χ1) is 13.0. The number of benzene rings is 2. The SMILES string of the molecule is Cc1ccc(S(=O)(=O)N(C)CC(=O)N(C)Cc2ccc(N(C)C)cc2)cc1C. The number of likely N-dealkylation sites (N-methyl/N-ethyl adjacent to an activating group) is 2. The van der Waals surface area contributed by atoms with E-state index in [1.54, 1.807) is 25.2 Å². The molecule has 1 amide bonds. The van der Waals surface area contributed by atoms with Crippen LogP contribution in [0.5, 0.6) is 0 Å². The molecule has 0 unspecified atom stereocenters. The third-order valence-corrected chi connectivity index (χ3v) is 6.64. The molecule has 0 aliphatic heterocycles. The molecule has 2 aromatic carbocycles. The van der Waals surface area contributed by atoms with Gasteiger partial charge in [-0.3, -0.25) is 4.79 Å². The van der Waals surface area contributed by atoms with Crippen LogP contribution in [0.2, 0.25) is 0 Å². The number of aryl methyl sites for hydroxylation is 2. The van der Waals surface area contributed by atoms with Gasteiger partial charge in [0.1, 0.15) is 0 Å². The Hall–Kier alpha value is -2.38. The second-order valence-corrected chi connectivity index (χ2v) is 9.36. The zero-order valence-electron chi connectivity index (χ0n) is 17.4. The second-order valence-electron chi connectivity index (χ2n) is 7.32. The van der Waals surface area contributed by atoms with Gasteiger partial charge in [0.05, 0.1) is 11.4 Å². The Balaban J connectivity index is 2.04. The van der Waals surface area contributed by atoms with Crippen LogP contribution in [0.3, 0.4) is 0 Å². The van der Waals surface area contributed by atoms with E-state index >= 15 is 0 Å². The minimum atomic E-state index is -3.71. The fraction of sp³-hybridized carbons (Fsp3) is 0.381. The molecule has 0 aliphatic carbocycles. The summed E-state index contributed by atoms with van der Waals surface area (Å²) < 4.78 is 26.6. The third kappa shape index (κ3) is 5.11. The molecule has 0 heterocycles. The van der Waals surface area contributed by atoms with Crippen molar-refractivity contribution in [1.29, 1.82) is 0 Å². The van der Waals surface area contributed by atoms with Gasteiger partial charge in [0.25, 0.3) is 0 Å². The molecule has 0 radical (unpaired) electrons. The Morgan fingerprint density at radius 2 is 1.50 bits per heavy atom. The van der Waals surface area contributed by atoms with Gasteiger partial charge >= 0.3 is 0 Å². The summed E-state index contributed by atoms with van der Waals surface area (Å²) >= 11 is 0. The van der Waals surface area contributed by atoms with Crippen LogP contribution >= 0.6 is 0 Å². The lowest BCUT2D eigenvalue weighted by atomic mass is 10.1. The Bertz CT molecular complexity index is 938. The Morgan fingerprint density at radius 3 is 2.04 bits per heavy atom. The van der Waals surface area contributed by atoms with E-state index in [2.05, 4.69) is 0 Å². The molecular formula is C21H29N3O3S. The zero-order valence-corrected chi connectivity index (χ0v) is 18.2. The first-order valence-electron chi connectivity index (χ1n) is 9.06. The van der Waals surface area contributed by atoms with Crippen LogP contribution in [0.1, 0.15) is 16.7 Å². The summed E-state index contributed by atoms with van der Waals surface area (Å²) in [5, 5.41) is 0. The van der Waals surface area contributed by atoms with E-state index in [9.17, 15) is 13.2 Å². The van der Waals surface area contributed by atoms with Gasteiger partial charge in [0.15, 0.2) is 0 Å². The van der Waals surface area contributed by atoms with Gasteiger partial charge in [-0.2, -0.15) is 4.31 Å². The molecule has 0 atom stereocenters. The van der Waals surface area contributed by atoms with Crippen LogP contribution in [0.4, 0.5) is 5.69 Å². The maximum absolute atomic E-state index is 12.8. The molecule has 7 heteroatoms. The molecule has 2 rings (SSSR count). The number of hydrogen-bond acceptors (Lipinski definition) is 4. The molecule has 0 spiro atoms. The Kier molecular flexibility index (Phi) is 6.85. The van der Waals surface area contributed by atoms with Crippen LogP contribution in [0, 0.1) is 13.8 Å². The number of carbonyl (C=O) groups is 1. The molecule has 152 valence electrons. The molecule has 28 heavy (non-hydrogen) atoms. The maximum Gasteiger partial charge on any atom is 0.243 e. The molecule has 6 nitrogen and oxygen atoms in total. The molecule has 0 N–H and O–H groups in total. The van der Waals surface area contributed by atoms with Crippen LogP contribution in [0.15, 0.2) is 47.4 Å². The first kappa shape index (κ1) is 21.9. The van der Waals surface area contributed by atoms with E-state index in [1.807, 2.05) is 57.1 Å². The van der Waals surface area contributed by atoms with Crippen LogP contribution in [-0.2, 0) is 21.4 Å². The van der Waals surface area contributed by atoms with Crippen molar-refractivity contribution in [1.82, 2.24) is 9.21 Å². The molecule has 0 fully saturated rings. The van der Waals surface area contributed by atoms with E-state index in [0.717, 1.165) is 26.7 Å². The van der Waals surface area contributed by atoms with Crippen molar-refractivity contribution in [2.45, 2.75) is 25.3 Å². The number of sulfonamides is 1. The Morgan fingerprint density at radius 1 is 0.893 bits per heavy atom. The van der Waals surface area contributed by atoms with Crippen molar-refractivity contribution >= 4 is 21.6 Å². The topological polar surface area (TPSA) is 60.9 Å². The van der Waals surface area contributed by atoms with Crippen LogP contribution in [0.25, 0.3) is 0 Å². The highest BCUT2D eigenvalue weighted by atomic mass is 32.2. The van der Waals surface area contributed by atoms with Gasteiger partial charge in [-0.15, -0.1) is 0 Å². The number of hydrogen-bond donors (Lipinski definition) is 0. The average molecular weight is 404 g/mol. The fourth-order valence-corrected chi connectivity index (χ4v) is 3.92. The summed E-state index contributed by atoms with van der Waals surface area (Å²) in [7, 11) is 3.33. The highest BCUT2D eigenvalue weighted by Gasteiger charge is 2.24. The summed E-state index contributed by atoms with van der Waals surface area (Å²) in [6, 6.07) is 12.9. The van der Waals surface area contributed by atoms with Gasteiger partial charge in [-0.05, 0) is 54.8 Å². The molecule has 0 saturated carbocycles. The standard InChI is InChI=1S/C21H29N3O3S/c1-16-7-12-20(13-17(16)2)28(26,27)24(6)15-21(25)23(5)14-18-8-10-19(11-9-18)22(3)4/h7-13H,14-15H2,1-6H3. The van der Waals surface area contributed by atoms with Crippen molar-refractivity contribution in [3.63, 3.8) is 0 Å². The largest absolute Gasteiger partial charge is 0.378 e. The lowest BCUT2D eigenvalue weighted by Gasteiger charge is -2.22. The van der Waals surface area contributed by atoms with Gasteiger partial charge < -0.3 is 9.80 Å². The lowest BCUT2D eigenvalue weighted by molar-refractivity contribution is -0.130. The summed E-state index contributed by atoms with van der Waals surface area (Å²) in [5.41, 5.74) is 4.00. The normalized spacial score (nSPS) is 11.5. The number of amides is 1. The number of rotatable bonds is 7. The molecular weight excluding hydrogens is 374 g/mol. The van der Waals surface area contributed by atoms with Crippen molar-refractivity contribution in [2.24, 2.45) is 0 Å². The quantitative estimate of drug-likeness (QED) is 0.713. The Labute approximate surface area is 168 Å². The summed E-state index contributed by atoms with van der Waals surface area (Å²) in [5.74, 6) is -0.258. The van der Waals surface area contributed by atoms with Crippen LogP contribution in [-0.4, -0.2) is 58.3 Å². The van der Waals surface area contributed by atoms with Crippen molar-refractivity contribution in [3.05, 3.63) is 59.2 Å². The van der Waals surface area contributed by atoms with Crippen molar-refractivity contribution < 1.29 is 13.2 Å². The monoisotopic (exact) mass is 403 g/mol. The van der Waals surface area contributed by atoms with E-state index in [-0.39, 0.29) is 17.3 Å². The lowest BCUT2D eigenvalue weighted by Crippen LogP contribution is -2.39. The van der Waals surface area contributed by atoms with E-state index in [1.165, 1.54) is 11.9 Å². The number of carbonyl (C=O) groups excluding carboxylic acids is 1. The fourth-order valence-electron chi connectivity index (χ4n) is 2.71. The third-order valence-electron chi connectivity index (χ3n) is 4.84. The molecule has 0 aromatic heterocycles. The van der Waals surface area contributed by atoms with E-state index in [0.29, 0.717) is 6.54 Å². The van der Waals surface area contributed by atoms with Gasteiger partial charge in [0, 0.05) is 40.4 Å². The molecule has 0 saturated heterocycles. The minimum absolute atomic E-state index is 0.202. The summed E-state index contributed by atoms with van der Waals surface area (Å²) in [6.45, 7) is 4.01. The average Bonchev–Trinajstić information content (AvgIpc) is 2.64. The van der Waals surface area contributed by atoms with E-state index < -0.39 is 10.0 Å². The highest BCUT2D eigenvalue weighted by molar-refractivity contribution is 7.89. The predicted molar refractivity (Wildman–Crippen MR) is 113 cm³/mol. The molecule has 2 aromatic rings. The van der Waals surface area contributed by atoms with Gasteiger partial charge in [-0.25, -0.2) is 8.42 Å². The summed E-state index contributed by atoms with van der Waals surface area (Å²) in [4.78, 5) is 16.3.